The third-order valence-corrected chi connectivity index (χ3v) is 5.48. The van der Waals surface area contributed by atoms with Gasteiger partial charge in [-0.2, -0.15) is 0 Å². The summed E-state index contributed by atoms with van der Waals surface area (Å²) in [6.45, 7) is 10.8. The Morgan fingerprint density at radius 3 is 2.34 bits per heavy atom. The minimum absolute atomic E-state index is 0.285. The number of rotatable bonds is 11. The first-order valence-electron chi connectivity index (χ1n) is 9.88. The molecule has 168 valence electrons. The summed E-state index contributed by atoms with van der Waals surface area (Å²) in [6.07, 6.45) is 1.66. The van der Waals surface area contributed by atoms with Gasteiger partial charge in [-0.15, -0.1) is 0 Å². The maximum atomic E-state index is 12.2. The predicted octanol–water partition coefficient (Wildman–Crippen LogP) is 1.77. The van der Waals surface area contributed by atoms with Crippen molar-refractivity contribution in [3.8, 4) is 0 Å². The van der Waals surface area contributed by atoms with Crippen molar-refractivity contribution < 1.29 is 33.3 Å². The Morgan fingerprint density at radius 2 is 1.72 bits per heavy atom. The van der Waals surface area contributed by atoms with Crippen LogP contribution in [0.25, 0.3) is 0 Å². The van der Waals surface area contributed by atoms with E-state index in [4.69, 9.17) is 24.7 Å². The van der Waals surface area contributed by atoms with Crippen molar-refractivity contribution >= 4 is 29.0 Å². The lowest BCUT2D eigenvalue weighted by atomic mass is 10.0. The molecule has 0 aliphatic carbocycles. The van der Waals surface area contributed by atoms with Crippen LogP contribution in [0.3, 0.4) is 0 Å². The third-order valence-electron chi connectivity index (χ3n) is 4.42. The number of nitrogens with two attached hydrogens (primary N) is 1. The second-order valence-corrected chi connectivity index (χ2v) is 9.23. The highest BCUT2D eigenvalue weighted by Crippen LogP contribution is 2.29. The number of unbranched alkanes of at least 4 members (excludes halogenated alkanes) is 1. The Kier molecular flexibility index (Phi) is 11.6. The molecule has 1 atom stereocenters. The van der Waals surface area contributed by atoms with Crippen molar-refractivity contribution in [3.05, 3.63) is 0 Å². The van der Waals surface area contributed by atoms with Gasteiger partial charge in [-0.3, -0.25) is 14.5 Å². The van der Waals surface area contributed by atoms with E-state index in [1.54, 1.807) is 27.7 Å². The first-order chi connectivity index (χ1) is 13.6. The van der Waals surface area contributed by atoms with Crippen LogP contribution < -0.4 is 5.73 Å². The molecule has 1 fully saturated rings. The number of hydrogen-bond donors (Lipinski definition) is 1. The summed E-state index contributed by atoms with van der Waals surface area (Å²) in [5.74, 6) is -1.33. The van der Waals surface area contributed by atoms with Crippen molar-refractivity contribution in [2.24, 2.45) is 11.7 Å². The first kappa shape index (κ1) is 25.7. The van der Waals surface area contributed by atoms with Crippen LogP contribution in [-0.4, -0.2) is 79.2 Å². The zero-order chi connectivity index (χ0) is 21.9. The highest BCUT2D eigenvalue weighted by atomic mass is 32.2. The highest BCUT2D eigenvalue weighted by molar-refractivity contribution is 8.14. The van der Waals surface area contributed by atoms with Gasteiger partial charge in [0.2, 0.25) is 6.79 Å². The lowest BCUT2D eigenvalue weighted by molar-refractivity contribution is -0.155. The summed E-state index contributed by atoms with van der Waals surface area (Å²) in [5, 5.41) is -0.680. The lowest BCUT2D eigenvalue weighted by Crippen LogP contribution is -2.48. The molecule has 1 aliphatic heterocycles. The number of carbonyl (C=O) groups is 3. The molecule has 0 unspecified atom stereocenters. The summed E-state index contributed by atoms with van der Waals surface area (Å²) in [5.41, 5.74) is 5.98. The van der Waals surface area contributed by atoms with Crippen LogP contribution in [-0.2, 0) is 28.5 Å². The van der Waals surface area contributed by atoms with Crippen LogP contribution in [0.1, 0.15) is 40.5 Å². The van der Waals surface area contributed by atoms with Crippen LogP contribution in [0, 0.1) is 5.92 Å². The molecule has 0 aromatic heterocycles. The first-order valence-corrected chi connectivity index (χ1v) is 10.7. The Balaban J connectivity index is 2.24. The summed E-state index contributed by atoms with van der Waals surface area (Å²) in [4.78, 5) is 37.8. The van der Waals surface area contributed by atoms with E-state index in [9.17, 15) is 14.4 Å². The molecule has 0 spiro atoms. The largest absolute Gasteiger partial charge is 0.464 e. The Bertz CT molecular complexity index is 537. The second kappa shape index (κ2) is 13.0. The average Bonchev–Trinajstić information content (AvgIpc) is 2.67. The molecule has 0 aromatic carbocycles. The van der Waals surface area contributed by atoms with E-state index in [0.29, 0.717) is 0 Å². The van der Waals surface area contributed by atoms with Gasteiger partial charge in [-0.05, 0) is 45.0 Å². The fraction of sp³-hybridized carbons (Fsp3) is 0.842. The van der Waals surface area contributed by atoms with E-state index in [2.05, 4.69) is 4.90 Å². The molecule has 0 bridgehead atoms. The maximum absolute atomic E-state index is 12.2. The van der Waals surface area contributed by atoms with Gasteiger partial charge in [-0.1, -0.05) is 13.8 Å². The summed E-state index contributed by atoms with van der Waals surface area (Å²) in [6, 6.07) is -1.00. The van der Waals surface area contributed by atoms with Gasteiger partial charge in [0.05, 0.1) is 25.7 Å². The van der Waals surface area contributed by atoms with Crippen LogP contribution >= 0.6 is 11.8 Å². The normalized spacial score (nSPS) is 16.3. The van der Waals surface area contributed by atoms with Gasteiger partial charge in [0, 0.05) is 17.8 Å². The van der Waals surface area contributed by atoms with E-state index < -0.39 is 34.8 Å². The third kappa shape index (κ3) is 10.3. The smallest absolute Gasteiger partial charge is 0.370 e. The molecule has 1 heterocycles. The Hall–Kier alpha value is -1.36. The Labute approximate surface area is 176 Å². The van der Waals surface area contributed by atoms with Gasteiger partial charge < -0.3 is 24.7 Å². The fourth-order valence-corrected chi connectivity index (χ4v) is 3.18. The number of thioether (sulfide) groups is 1. The molecule has 0 saturated carbocycles. The number of esters is 2. The molecule has 29 heavy (non-hydrogen) atoms. The molecule has 0 radical (unpaired) electrons. The molecule has 0 aromatic rings. The van der Waals surface area contributed by atoms with Crippen molar-refractivity contribution in [2.75, 3.05) is 46.2 Å². The second-order valence-electron chi connectivity index (χ2n) is 7.64. The highest BCUT2D eigenvalue weighted by Gasteiger charge is 2.37. The predicted molar refractivity (Wildman–Crippen MR) is 109 cm³/mol. The van der Waals surface area contributed by atoms with Crippen molar-refractivity contribution in [3.63, 3.8) is 0 Å². The molecule has 9 nitrogen and oxygen atoms in total. The molecule has 2 N–H and O–H groups in total. The van der Waals surface area contributed by atoms with Gasteiger partial charge in [0.15, 0.2) is 0 Å². The summed E-state index contributed by atoms with van der Waals surface area (Å²) >= 11 is 0.764. The van der Waals surface area contributed by atoms with Gasteiger partial charge >= 0.3 is 17.2 Å². The zero-order valence-electron chi connectivity index (χ0n) is 17.8. The van der Waals surface area contributed by atoms with Crippen molar-refractivity contribution in [1.29, 1.82) is 0 Å². The van der Waals surface area contributed by atoms with E-state index in [1.165, 1.54) is 0 Å². The van der Waals surface area contributed by atoms with Crippen LogP contribution in [0.4, 0.5) is 4.79 Å². The summed E-state index contributed by atoms with van der Waals surface area (Å²) in [7, 11) is 0. The quantitative estimate of drug-likeness (QED) is 0.293. The van der Waals surface area contributed by atoms with Crippen LogP contribution in [0.5, 0.6) is 0 Å². The monoisotopic (exact) mass is 434 g/mol. The fourth-order valence-electron chi connectivity index (χ4n) is 2.42. The van der Waals surface area contributed by atoms with Crippen LogP contribution in [0.15, 0.2) is 0 Å². The number of carbonyl (C=O) groups excluding carboxylic acids is 3. The molecule has 1 saturated heterocycles. The van der Waals surface area contributed by atoms with E-state index in [-0.39, 0.29) is 12.5 Å². The molecule has 10 heteroatoms. The zero-order valence-corrected chi connectivity index (χ0v) is 18.6. The van der Waals surface area contributed by atoms with Gasteiger partial charge in [0.1, 0.15) is 6.04 Å². The minimum Gasteiger partial charge on any atom is -0.464 e. The molecule has 1 aliphatic rings. The minimum atomic E-state index is -1.00. The molecule has 1 rings (SSSR count). The molecular formula is C19H34N2O7S. The summed E-state index contributed by atoms with van der Waals surface area (Å²) < 4.78 is 19.3. The number of hydrogen-bond acceptors (Lipinski definition) is 10. The van der Waals surface area contributed by atoms with Crippen molar-refractivity contribution in [2.45, 2.75) is 51.3 Å². The number of morpholine rings is 1. The lowest BCUT2D eigenvalue weighted by Gasteiger charge is -2.28. The number of nitrogens with zero attached hydrogens (tertiary/aromatic N) is 1. The molecule has 0 amide bonds. The van der Waals surface area contributed by atoms with E-state index in [1.807, 2.05) is 0 Å². The van der Waals surface area contributed by atoms with Gasteiger partial charge in [-0.25, -0.2) is 4.79 Å². The maximum Gasteiger partial charge on any atom is 0.370 e. The number of ether oxygens (including phenoxy) is 4. The standard InChI is InChI=1S/C19H34N2O7S/c1-14(2)16(22)27-13-28-18(24)29-19(3,4)15(20)17(23)26-10-6-5-7-21-8-11-25-12-9-21/h14-15H,5-13,20H2,1-4H3/t15-/m0/s1. The topological polar surface area (TPSA) is 117 Å². The average molecular weight is 435 g/mol. The van der Waals surface area contributed by atoms with Crippen LogP contribution in [0.2, 0.25) is 0 Å². The molecular weight excluding hydrogens is 400 g/mol. The Morgan fingerprint density at radius 1 is 1.07 bits per heavy atom. The van der Waals surface area contributed by atoms with E-state index >= 15 is 0 Å². The van der Waals surface area contributed by atoms with E-state index in [0.717, 1.165) is 57.5 Å². The SMILES string of the molecule is CC(C)C(=O)OCOC(=O)SC(C)(C)[C@@H](N)C(=O)OCCCCN1CCOCC1. The van der Waals surface area contributed by atoms with Crippen molar-refractivity contribution in [1.82, 2.24) is 4.90 Å². The van der Waals surface area contributed by atoms with Gasteiger partial charge in [0.25, 0.3) is 0 Å².